The molecule has 0 aliphatic carbocycles. The Morgan fingerprint density at radius 2 is 2.18 bits per heavy atom. The lowest BCUT2D eigenvalue weighted by Crippen LogP contribution is -2.36. The van der Waals surface area contributed by atoms with Crippen LogP contribution in [-0.2, 0) is 15.7 Å². The molecule has 0 spiro atoms. The van der Waals surface area contributed by atoms with Crippen molar-refractivity contribution in [1.29, 1.82) is 0 Å². The number of hydrogen-bond acceptors (Lipinski definition) is 5. The predicted octanol–water partition coefficient (Wildman–Crippen LogP) is 2.85. The van der Waals surface area contributed by atoms with E-state index in [0.29, 0.717) is 26.2 Å². The summed E-state index contributed by atoms with van der Waals surface area (Å²) in [6.45, 7) is 3.54. The smallest absolute Gasteiger partial charge is 0.433 e. The monoisotopic (exact) mass is 320 g/mol. The molecular formula is C14H19F3N2O3. The fourth-order valence-electron chi connectivity index (χ4n) is 2.07. The van der Waals surface area contributed by atoms with Crippen LogP contribution in [0.15, 0.2) is 12.3 Å². The molecule has 0 aromatic carbocycles. The van der Waals surface area contributed by atoms with Crippen molar-refractivity contribution in [3.63, 3.8) is 0 Å². The largest absolute Gasteiger partial charge is 0.458 e. The lowest BCUT2D eigenvalue weighted by atomic mass is 10.1. The number of nitrogens with zero attached hydrogens (tertiary/aromatic N) is 2. The minimum atomic E-state index is -4.51. The molecule has 8 heteroatoms. The van der Waals surface area contributed by atoms with Gasteiger partial charge in [0, 0.05) is 12.8 Å². The first kappa shape index (κ1) is 17.0. The SMILES string of the molecule is CCCOCC1CCC(Oc2nccc(C(F)(F)F)n2)CO1. The van der Waals surface area contributed by atoms with Crippen molar-refractivity contribution in [2.75, 3.05) is 19.8 Å². The first-order valence-corrected chi connectivity index (χ1v) is 7.25. The molecule has 1 aromatic heterocycles. The number of aromatic nitrogens is 2. The zero-order valence-corrected chi connectivity index (χ0v) is 12.3. The normalized spacial score (nSPS) is 22.5. The van der Waals surface area contributed by atoms with Crippen LogP contribution in [-0.4, -0.2) is 42.0 Å². The Hall–Kier alpha value is -1.41. The quantitative estimate of drug-likeness (QED) is 0.755. The van der Waals surface area contributed by atoms with Gasteiger partial charge in [0.05, 0.1) is 19.3 Å². The van der Waals surface area contributed by atoms with E-state index >= 15 is 0 Å². The Kier molecular flexibility index (Phi) is 5.96. The first-order chi connectivity index (χ1) is 10.5. The van der Waals surface area contributed by atoms with Gasteiger partial charge < -0.3 is 14.2 Å². The van der Waals surface area contributed by atoms with Crippen molar-refractivity contribution >= 4 is 0 Å². The Balaban J connectivity index is 1.81. The summed E-state index contributed by atoms with van der Waals surface area (Å²) in [4.78, 5) is 7.09. The third-order valence-corrected chi connectivity index (χ3v) is 3.18. The van der Waals surface area contributed by atoms with Gasteiger partial charge in [-0.15, -0.1) is 0 Å². The van der Waals surface area contributed by atoms with Gasteiger partial charge in [-0.3, -0.25) is 0 Å². The highest BCUT2D eigenvalue weighted by molar-refractivity contribution is 5.09. The molecule has 1 fully saturated rings. The third-order valence-electron chi connectivity index (χ3n) is 3.18. The standard InChI is InChI=1S/C14H19F3N2O3/c1-2-7-20-8-10-3-4-11(9-21-10)22-13-18-6-5-12(19-13)14(15,16)17/h5-6,10-11H,2-4,7-9H2,1H3. The van der Waals surface area contributed by atoms with Crippen molar-refractivity contribution in [3.05, 3.63) is 18.0 Å². The Morgan fingerprint density at radius 3 is 2.82 bits per heavy atom. The summed E-state index contributed by atoms with van der Waals surface area (Å²) in [5.41, 5.74) is -1.01. The van der Waals surface area contributed by atoms with Gasteiger partial charge in [0.2, 0.25) is 0 Å². The van der Waals surface area contributed by atoms with Crippen molar-refractivity contribution < 1.29 is 27.4 Å². The molecule has 0 bridgehead atoms. The summed E-state index contributed by atoms with van der Waals surface area (Å²) >= 11 is 0. The summed E-state index contributed by atoms with van der Waals surface area (Å²) in [6.07, 6.45) is -1.46. The maximum atomic E-state index is 12.6. The number of alkyl halides is 3. The van der Waals surface area contributed by atoms with Crippen molar-refractivity contribution in [2.24, 2.45) is 0 Å². The van der Waals surface area contributed by atoms with E-state index in [1.54, 1.807) is 0 Å². The van der Waals surface area contributed by atoms with Gasteiger partial charge in [-0.05, 0) is 25.3 Å². The molecule has 2 unspecified atom stereocenters. The molecular weight excluding hydrogens is 301 g/mol. The molecule has 2 atom stereocenters. The van der Waals surface area contributed by atoms with E-state index in [-0.39, 0.29) is 18.2 Å². The lowest BCUT2D eigenvalue weighted by Gasteiger charge is -2.28. The molecule has 22 heavy (non-hydrogen) atoms. The summed E-state index contributed by atoms with van der Waals surface area (Å²) in [7, 11) is 0. The molecule has 1 aliphatic heterocycles. The summed E-state index contributed by atoms with van der Waals surface area (Å²) in [5, 5.41) is 0. The molecule has 124 valence electrons. The average Bonchev–Trinajstić information content (AvgIpc) is 2.49. The van der Waals surface area contributed by atoms with E-state index in [9.17, 15) is 13.2 Å². The average molecular weight is 320 g/mol. The van der Waals surface area contributed by atoms with Crippen LogP contribution < -0.4 is 4.74 Å². The van der Waals surface area contributed by atoms with Crippen molar-refractivity contribution in [2.45, 2.75) is 44.6 Å². The van der Waals surface area contributed by atoms with E-state index in [1.807, 2.05) is 6.92 Å². The Bertz CT molecular complexity index is 463. The highest BCUT2D eigenvalue weighted by Crippen LogP contribution is 2.28. The van der Waals surface area contributed by atoms with Crippen LogP contribution in [0.2, 0.25) is 0 Å². The van der Waals surface area contributed by atoms with Crippen molar-refractivity contribution in [1.82, 2.24) is 9.97 Å². The molecule has 5 nitrogen and oxygen atoms in total. The van der Waals surface area contributed by atoms with Gasteiger partial charge in [0.25, 0.3) is 0 Å². The van der Waals surface area contributed by atoms with Gasteiger partial charge in [0.1, 0.15) is 6.10 Å². The topological polar surface area (TPSA) is 53.5 Å². The van der Waals surface area contributed by atoms with Crippen LogP contribution in [0.1, 0.15) is 31.9 Å². The molecule has 1 aromatic rings. The fourth-order valence-corrected chi connectivity index (χ4v) is 2.07. The first-order valence-electron chi connectivity index (χ1n) is 7.25. The molecule has 2 rings (SSSR count). The second-order valence-corrected chi connectivity index (χ2v) is 5.07. The summed E-state index contributed by atoms with van der Waals surface area (Å²) in [5.74, 6) is 0. The Labute approximate surface area is 126 Å². The fraction of sp³-hybridized carbons (Fsp3) is 0.714. The molecule has 0 amide bonds. The maximum Gasteiger partial charge on any atom is 0.433 e. The van der Waals surface area contributed by atoms with Crippen LogP contribution >= 0.6 is 0 Å². The lowest BCUT2D eigenvalue weighted by molar-refractivity contribution is -0.141. The molecule has 0 radical (unpaired) electrons. The maximum absolute atomic E-state index is 12.6. The Morgan fingerprint density at radius 1 is 1.36 bits per heavy atom. The van der Waals surface area contributed by atoms with Crippen LogP contribution in [0.3, 0.4) is 0 Å². The third kappa shape index (κ3) is 5.10. The highest BCUT2D eigenvalue weighted by Gasteiger charge is 2.33. The van der Waals surface area contributed by atoms with Crippen LogP contribution in [0.4, 0.5) is 13.2 Å². The van der Waals surface area contributed by atoms with Gasteiger partial charge in [-0.1, -0.05) is 6.92 Å². The summed E-state index contributed by atoms with van der Waals surface area (Å²) < 4.78 is 54.1. The molecule has 0 N–H and O–H groups in total. The zero-order valence-electron chi connectivity index (χ0n) is 12.3. The highest BCUT2D eigenvalue weighted by atomic mass is 19.4. The van der Waals surface area contributed by atoms with Gasteiger partial charge in [-0.2, -0.15) is 18.2 Å². The number of halogens is 3. The van der Waals surface area contributed by atoms with Gasteiger partial charge >= 0.3 is 12.2 Å². The summed E-state index contributed by atoms with van der Waals surface area (Å²) in [6, 6.07) is 0.537. The second kappa shape index (κ2) is 7.73. The molecule has 0 saturated carbocycles. The van der Waals surface area contributed by atoms with E-state index in [0.717, 1.165) is 25.1 Å². The number of hydrogen-bond donors (Lipinski definition) is 0. The number of rotatable bonds is 6. The van der Waals surface area contributed by atoms with E-state index < -0.39 is 11.9 Å². The van der Waals surface area contributed by atoms with Crippen LogP contribution in [0, 0.1) is 0 Å². The van der Waals surface area contributed by atoms with Gasteiger partial charge in [-0.25, -0.2) is 4.98 Å². The zero-order chi connectivity index (χ0) is 16.0. The predicted molar refractivity (Wildman–Crippen MR) is 71.5 cm³/mol. The van der Waals surface area contributed by atoms with E-state index in [2.05, 4.69) is 9.97 Å². The molecule has 1 saturated heterocycles. The van der Waals surface area contributed by atoms with Gasteiger partial charge in [0.15, 0.2) is 5.69 Å². The molecule has 2 heterocycles. The van der Waals surface area contributed by atoms with Crippen LogP contribution in [0.25, 0.3) is 0 Å². The molecule has 1 aliphatic rings. The minimum Gasteiger partial charge on any atom is -0.458 e. The van der Waals surface area contributed by atoms with E-state index in [4.69, 9.17) is 14.2 Å². The minimum absolute atomic E-state index is 0.00817. The van der Waals surface area contributed by atoms with Crippen LogP contribution in [0.5, 0.6) is 6.01 Å². The second-order valence-electron chi connectivity index (χ2n) is 5.07. The van der Waals surface area contributed by atoms with Crippen molar-refractivity contribution in [3.8, 4) is 6.01 Å². The number of ether oxygens (including phenoxy) is 3. The van der Waals surface area contributed by atoms with E-state index in [1.165, 1.54) is 0 Å².